The molecule has 0 aliphatic carbocycles. The zero-order valence-corrected chi connectivity index (χ0v) is 6.08. The van der Waals surface area contributed by atoms with Crippen LogP contribution in [0.15, 0.2) is 24.3 Å². The first-order valence-corrected chi connectivity index (χ1v) is 3.21. The number of halogens is 4. The van der Waals surface area contributed by atoms with Gasteiger partial charge in [-0.25, -0.2) is 0 Å². The summed E-state index contributed by atoms with van der Waals surface area (Å²) >= 11 is 5.35. The molecule has 0 amide bonds. The minimum atomic E-state index is -4.30. The molecule has 0 unspecified atom stereocenters. The summed E-state index contributed by atoms with van der Waals surface area (Å²) in [7, 11) is 0. The van der Waals surface area contributed by atoms with Crippen molar-refractivity contribution < 1.29 is 13.2 Å². The van der Waals surface area contributed by atoms with Crippen molar-refractivity contribution in [1.82, 2.24) is 0 Å². The monoisotopic (exact) mass is 194 g/mol. The van der Waals surface area contributed by atoms with Crippen LogP contribution >= 0.6 is 11.6 Å². The molecule has 0 radical (unpaired) electrons. The Morgan fingerprint density at radius 3 is 2.08 bits per heavy atom. The maximum absolute atomic E-state index is 11.9. The van der Waals surface area contributed by atoms with E-state index in [0.29, 0.717) is 0 Å². The van der Waals surface area contributed by atoms with Crippen LogP contribution in [0.1, 0.15) is 5.56 Å². The summed E-state index contributed by atoms with van der Waals surface area (Å²) in [6.45, 7) is 0. The number of alkyl halides is 3. The number of benzene rings is 1. The zero-order valence-electron chi connectivity index (χ0n) is 5.32. The predicted molar refractivity (Wildman–Crippen MR) is 46.4 cm³/mol. The van der Waals surface area contributed by atoms with Crippen molar-refractivity contribution in [1.29, 1.82) is 0 Å². The number of hydrogen-bond acceptors (Lipinski definition) is 0. The van der Waals surface area contributed by atoms with Crippen LogP contribution in [0.3, 0.4) is 0 Å². The first kappa shape index (κ1) is 11.4. The summed E-state index contributed by atoms with van der Waals surface area (Å²) in [6, 6.07) is 4.54. The Bertz CT molecular complexity index is 259. The molecule has 0 saturated heterocycles. The van der Waals surface area contributed by atoms with Gasteiger partial charge in [0.2, 0.25) is 0 Å². The van der Waals surface area contributed by atoms with Gasteiger partial charge in [0.05, 0.1) is 14.0 Å². The molecule has 0 heterocycles. The van der Waals surface area contributed by atoms with E-state index in [2.05, 4.69) is 0 Å². The Kier molecular flexibility index (Phi) is 3.65. The van der Waals surface area contributed by atoms with Crippen LogP contribution in [0.2, 0.25) is 5.02 Å². The standard InChI is InChI=1S/C7H4ClF3.BH3/c8-6-3-1-2-5(4-6)7(9,10)11;/h1-4H;1H3. The molecule has 0 aromatic heterocycles. The van der Waals surface area contributed by atoms with Crippen molar-refractivity contribution in [3.63, 3.8) is 0 Å². The third kappa shape index (κ3) is 2.78. The van der Waals surface area contributed by atoms with Crippen LogP contribution in [-0.4, -0.2) is 8.41 Å². The van der Waals surface area contributed by atoms with E-state index in [9.17, 15) is 13.2 Å². The van der Waals surface area contributed by atoms with Crippen molar-refractivity contribution in [2.24, 2.45) is 0 Å². The molecular formula is C7H7BClF3. The average Bonchev–Trinajstić information content (AvgIpc) is 1.86. The van der Waals surface area contributed by atoms with Gasteiger partial charge in [-0.05, 0) is 18.2 Å². The van der Waals surface area contributed by atoms with Crippen molar-refractivity contribution in [3.05, 3.63) is 34.9 Å². The lowest BCUT2D eigenvalue weighted by atomic mass is 10.2. The molecule has 1 aromatic carbocycles. The quantitative estimate of drug-likeness (QED) is 0.555. The van der Waals surface area contributed by atoms with Gasteiger partial charge in [0.25, 0.3) is 0 Å². The molecule has 0 atom stereocenters. The van der Waals surface area contributed by atoms with Gasteiger partial charge in [-0.1, -0.05) is 17.7 Å². The van der Waals surface area contributed by atoms with Crippen LogP contribution < -0.4 is 0 Å². The highest BCUT2D eigenvalue weighted by atomic mass is 35.5. The van der Waals surface area contributed by atoms with E-state index < -0.39 is 11.7 Å². The maximum atomic E-state index is 11.9. The minimum Gasteiger partial charge on any atom is -0.166 e. The Morgan fingerprint density at radius 1 is 1.17 bits per heavy atom. The second-order valence-electron chi connectivity index (χ2n) is 2.01. The fourth-order valence-electron chi connectivity index (χ4n) is 0.665. The van der Waals surface area contributed by atoms with Gasteiger partial charge in [0, 0.05) is 5.02 Å². The maximum Gasteiger partial charge on any atom is 0.416 e. The normalized spacial score (nSPS) is 10.7. The van der Waals surface area contributed by atoms with Gasteiger partial charge in [-0.2, -0.15) is 13.2 Å². The van der Waals surface area contributed by atoms with E-state index >= 15 is 0 Å². The molecule has 12 heavy (non-hydrogen) atoms. The van der Waals surface area contributed by atoms with Crippen LogP contribution in [0.5, 0.6) is 0 Å². The van der Waals surface area contributed by atoms with Crippen molar-refractivity contribution in [2.45, 2.75) is 6.18 Å². The smallest absolute Gasteiger partial charge is 0.166 e. The van der Waals surface area contributed by atoms with E-state index in [1.807, 2.05) is 0 Å². The molecule has 0 nitrogen and oxygen atoms in total. The van der Waals surface area contributed by atoms with E-state index in [0.717, 1.165) is 12.1 Å². The Balaban J connectivity index is 0.00000121. The van der Waals surface area contributed by atoms with Crippen molar-refractivity contribution in [2.75, 3.05) is 0 Å². The van der Waals surface area contributed by atoms with Gasteiger partial charge in [-0.3, -0.25) is 0 Å². The van der Waals surface area contributed by atoms with Gasteiger partial charge < -0.3 is 0 Å². The highest BCUT2D eigenvalue weighted by Crippen LogP contribution is 2.30. The average molecular weight is 194 g/mol. The lowest BCUT2D eigenvalue weighted by Crippen LogP contribution is -2.03. The third-order valence-corrected chi connectivity index (χ3v) is 1.39. The first-order valence-electron chi connectivity index (χ1n) is 2.83. The fourth-order valence-corrected chi connectivity index (χ4v) is 0.855. The van der Waals surface area contributed by atoms with Crippen LogP contribution in [0.25, 0.3) is 0 Å². The molecule has 0 fully saturated rings. The topological polar surface area (TPSA) is 0 Å². The first-order chi connectivity index (χ1) is 5.00. The van der Waals surface area contributed by atoms with E-state index in [-0.39, 0.29) is 13.4 Å². The number of rotatable bonds is 0. The van der Waals surface area contributed by atoms with Gasteiger partial charge in [-0.15, -0.1) is 0 Å². The molecule has 0 aliphatic heterocycles. The molecule has 1 rings (SSSR count). The SMILES string of the molecule is B.FC(F)(F)c1cccc(Cl)c1. The Hall–Kier alpha value is -0.635. The van der Waals surface area contributed by atoms with Crippen molar-refractivity contribution >= 4 is 20.0 Å². The van der Waals surface area contributed by atoms with Crippen LogP contribution in [0.4, 0.5) is 13.2 Å². The van der Waals surface area contributed by atoms with Gasteiger partial charge in [0.1, 0.15) is 0 Å². The molecule has 5 heteroatoms. The summed E-state index contributed by atoms with van der Waals surface area (Å²) in [5.74, 6) is 0. The van der Waals surface area contributed by atoms with E-state index in [1.54, 1.807) is 0 Å². The summed E-state index contributed by atoms with van der Waals surface area (Å²) in [5, 5.41) is 0.0971. The highest BCUT2D eigenvalue weighted by molar-refractivity contribution is 6.30. The molecule has 0 N–H and O–H groups in total. The molecule has 0 spiro atoms. The van der Waals surface area contributed by atoms with Gasteiger partial charge in [0.15, 0.2) is 0 Å². The van der Waals surface area contributed by atoms with Gasteiger partial charge >= 0.3 is 6.18 Å². The third-order valence-electron chi connectivity index (χ3n) is 1.15. The van der Waals surface area contributed by atoms with E-state index in [4.69, 9.17) is 11.6 Å². The summed E-state index contributed by atoms with van der Waals surface area (Å²) in [4.78, 5) is 0. The predicted octanol–water partition coefficient (Wildman–Crippen LogP) is 2.17. The molecule has 0 saturated carbocycles. The highest BCUT2D eigenvalue weighted by Gasteiger charge is 2.30. The number of hydrogen-bond donors (Lipinski definition) is 0. The zero-order chi connectivity index (χ0) is 8.48. The lowest BCUT2D eigenvalue weighted by molar-refractivity contribution is -0.137. The fraction of sp³-hybridized carbons (Fsp3) is 0.143. The molecule has 0 aliphatic rings. The van der Waals surface area contributed by atoms with E-state index in [1.165, 1.54) is 12.1 Å². The molecule has 66 valence electrons. The summed E-state index contributed by atoms with van der Waals surface area (Å²) in [5.41, 5.74) is -0.718. The summed E-state index contributed by atoms with van der Waals surface area (Å²) < 4.78 is 35.7. The molecular weight excluding hydrogens is 187 g/mol. The Labute approximate surface area is 74.9 Å². The summed E-state index contributed by atoms with van der Waals surface area (Å²) in [6.07, 6.45) is -4.30. The van der Waals surface area contributed by atoms with Crippen LogP contribution in [0, 0.1) is 0 Å². The second-order valence-corrected chi connectivity index (χ2v) is 2.44. The van der Waals surface area contributed by atoms with Crippen molar-refractivity contribution in [3.8, 4) is 0 Å². The largest absolute Gasteiger partial charge is 0.416 e. The molecule has 1 aromatic rings. The molecule has 0 bridgehead atoms. The lowest BCUT2D eigenvalue weighted by Gasteiger charge is -2.05. The Morgan fingerprint density at radius 2 is 1.75 bits per heavy atom. The minimum absolute atomic E-state index is 0. The second kappa shape index (κ2) is 3.85. The van der Waals surface area contributed by atoms with Crippen LogP contribution in [-0.2, 0) is 6.18 Å².